The lowest BCUT2D eigenvalue weighted by Crippen LogP contribution is -2.48. The van der Waals surface area contributed by atoms with Gasteiger partial charge in [0, 0.05) is 0 Å². The van der Waals surface area contributed by atoms with Crippen LogP contribution in [-0.4, -0.2) is 12.7 Å². The predicted molar refractivity (Wildman–Crippen MR) is 34.4 cm³/mol. The lowest BCUT2D eigenvalue weighted by Gasteiger charge is -2.21. The monoisotopic (exact) mass is 114 g/mol. The van der Waals surface area contributed by atoms with E-state index < -0.39 is 0 Å². The van der Waals surface area contributed by atoms with Crippen LogP contribution in [0.4, 0.5) is 0 Å². The molecule has 1 rings (SSSR count). The van der Waals surface area contributed by atoms with Gasteiger partial charge in [0.2, 0.25) is 0 Å². The Morgan fingerprint density at radius 2 is 1.88 bits per heavy atom. The molecule has 0 aromatic rings. The van der Waals surface area contributed by atoms with Crippen molar-refractivity contribution >= 4 is 0 Å². The summed E-state index contributed by atoms with van der Waals surface area (Å²) in [6, 6.07) is 0. The summed E-state index contributed by atoms with van der Waals surface area (Å²) < 4.78 is 0. The van der Waals surface area contributed by atoms with E-state index in [0.29, 0.717) is 0 Å². The van der Waals surface area contributed by atoms with Gasteiger partial charge in [-0.1, -0.05) is 12.8 Å². The van der Waals surface area contributed by atoms with Crippen LogP contribution < -0.4 is 11.1 Å². The van der Waals surface area contributed by atoms with Crippen LogP contribution >= 0.6 is 0 Å². The Hall–Kier alpha value is -0.0800. The maximum absolute atomic E-state index is 5.85. The van der Waals surface area contributed by atoms with Crippen LogP contribution in [0.3, 0.4) is 0 Å². The fraction of sp³-hybridized carbons (Fsp3) is 1.00. The Bertz CT molecular complexity index is 74.6. The molecule has 0 aliphatic heterocycles. The maximum atomic E-state index is 5.85. The normalized spacial score (nSPS) is 26.2. The molecule has 0 aromatic carbocycles. The highest BCUT2D eigenvalue weighted by Crippen LogP contribution is 2.23. The van der Waals surface area contributed by atoms with Gasteiger partial charge in [-0.2, -0.15) is 0 Å². The lowest BCUT2D eigenvalue weighted by atomic mass is 10.1. The van der Waals surface area contributed by atoms with Crippen LogP contribution in [0.25, 0.3) is 0 Å². The minimum atomic E-state index is -0.0139. The predicted octanol–water partition coefficient (Wildman–Crippen LogP) is 0.435. The molecule has 2 heteroatoms. The van der Waals surface area contributed by atoms with Gasteiger partial charge in [-0.25, -0.2) is 0 Å². The number of nitrogens with one attached hydrogen (secondary N) is 1. The summed E-state index contributed by atoms with van der Waals surface area (Å²) in [5.41, 5.74) is 5.83. The topological polar surface area (TPSA) is 38.0 Å². The molecule has 48 valence electrons. The zero-order valence-electron chi connectivity index (χ0n) is 5.41. The first-order valence-corrected chi connectivity index (χ1v) is 3.25. The van der Waals surface area contributed by atoms with E-state index in [-0.39, 0.29) is 5.66 Å². The summed E-state index contributed by atoms with van der Waals surface area (Å²) in [7, 11) is 1.94. The van der Waals surface area contributed by atoms with E-state index in [1.165, 1.54) is 12.8 Å². The summed E-state index contributed by atoms with van der Waals surface area (Å²) >= 11 is 0. The molecule has 0 radical (unpaired) electrons. The number of hydrogen-bond acceptors (Lipinski definition) is 2. The first-order valence-electron chi connectivity index (χ1n) is 3.25. The molecule has 0 aromatic heterocycles. The molecule has 0 amide bonds. The molecule has 1 aliphatic rings. The van der Waals surface area contributed by atoms with Crippen molar-refractivity contribution in [2.24, 2.45) is 5.73 Å². The first-order chi connectivity index (χ1) is 3.77. The molecule has 2 nitrogen and oxygen atoms in total. The molecule has 1 fully saturated rings. The van der Waals surface area contributed by atoms with Gasteiger partial charge >= 0.3 is 0 Å². The second kappa shape index (κ2) is 2.03. The average Bonchev–Trinajstić information content (AvgIpc) is 2.17. The van der Waals surface area contributed by atoms with Crippen LogP contribution in [0.5, 0.6) is 0 Å². The molecule has 0 heterocycles. The van der Waals surface area contributed by atoms with Crippen LogP contribution in [0.2, 0.25) is 0 Å². The third-order valence-corrected chi connectivity index (χ3v) is 1.99. The van der Waals surface area contributed by atoms with E-state index >= 15 is 0 Å². The number of hydrogen-bond donors (Lipinski definition) is 2. The Balaban J connectivity index is 2.40. The van der Waals surface area contributed by atoms with Crippen molar-refractivity contribution in [3.05, 3.63) is 0 Å². The summed E-state index contributed by atoms with van der Waals surface area (Å²) in [6.45, 7) is 0. The zero-order chi connectivity index (χ0) is 6.04. The maximum Gasteiger partial charge on any atom is 0.0659 e. The fourth-order valence-electron chi connectivity index (χ4n) is 1.26. The van der Waals surface area contributed by atoms with Crippen LogP contribution in [0, 0.1) is 0 Å². The van der Waals surface area contributed by atoms with E-state index in [1.807, 2.05) is 7.05 Å². The van der Waals surface area contributed by atoms with Gasteiger partial charge in [0.15, 0.2) is 0 Å². The molecule has 1 aliphatic carbocycles. The second-order valence-electron chi connectivity index (χ2n) is 2.61. The highest BCUT2D eigenvalue weighted by atomic mass is 15.1. The smallest absolute Gasteiger partial charge is 0.0659 e. The minimum absolute atomic E-state index is 0.0139. The first kappa shape index (κ1) is 6.05. The second-order valence-corrected chi connectivity index (χ2v) is 2.61. The molecule has 0 saturated heterocycles. The third-order valence-electron chi connectivity index (χ3n) is 1.99. The van der Waals surface area contributed by atoms with Crippen molar-refractivity contribution in [2.75, 3.05) is 7.05 Å². The Morgan fingerprint density at radius 1 is 1.38 bits per heavy atom. The lowest BCUT2D eigenvalue weighted by molar-refractivity contribution is 0.374. The Kier molecular flexibility index (Phi) is 1.54. The van der Waals surface area contributed by atoms with Gasteiger partial charge in [0.25, 0.3) is 0 Å². The van der Waals surface area contributed by atoms with Crippen molar-refractivity contribution in [2.45, 2.75) is 31.3 Å². The van der Waals surface area contributed by atoms with Crippen molar-refractivity contribution in [1.82, 2.24) is 5.32 Å². The van der Waals surface area contributed by atoms with Gasteiger partial charge in [-0.05, 0) is 19.9 Å². The zero-order valence-corrected chi connectivity index (χ0v) is 5.41. The molecular weight excluding hydrogens is 100 g/mol. The molecule has 8 heavy (non-hydrogen) atoms. The van der Waals surface area contributed by atoms with Crippen molar-refractivity contribution < 1.29 is 0 Å². The Morgan fingerprint density at radius 3 is 2.12 bits per heavy atom. The molecule has 0 unspecified atom stereocenters. The van der Waals surface area contributed by atoms with E-state index in [9.17, 15) is 0 Å². The summed E-state index contributed by atoms with van der Waals surface area (Å²) in [4.78, 5) is 0. The number of nitrogens with two attached hydrogens (primary N) is 1. The molecule has 0 spiro atoms. The van der Waals surface area contributed by atoms with Gasteiger partial charge in [0.05, 0.1) is 5.66 Å². The van der Waals surface area contributed by atoms with Gasteiger partial charge in [-0.15, -0.1) is 0 Å². The van der Waals surface area contributed by atoms with E-state index in [1.54, 1.807) is 0 Å². The van der Waals surface area contributed by atoms with Crippen molar-refractivity contribution in [1.29, 1.82) is 0 Å². The number of rotatable bonds is 1. The van der Waals surface area contributed by atoms with Gasteiger partial charge < -0.3 is 11.1 Å². The summed E-state index contributed by atoms with van der Waals surface area (Å²) in [6.07, 6.45) is 4.86. The van der Waals surface area contributed by atoms with Gasteiger partial charge in [-0.3, -0.25) is 0 Å². The highest BCUT2D eigenvalue weighted by molar-refractivity contribution is 4.84. The van der Waals surface area contributed by atoms with Crippen LogP contribution in [0.1, 0.15) is 25.7 Å². The standard InChI is InChI=1S/C6H14N2/c1-8-6(7)4-2-3-5-6/h8H,2-5,7H2,1H3. The van der Waals surface area contributed by atoms with Crippen LogP contribution in [-0.2, 0) is 0 Å². The van der Waals surface area contributed by atoms with Crippen LogP contribution in [0.15, 0.2) is 0 Å². The highest BCUT2D eigenvalue weighted by Gasteiger charge is 2.26. The quantitative estimate of drug-likeness (QED) is 0.485. The van der Waals surface area contributed by atoms with E-state index in [0.717, 1.165) is 12.8 Å². The average molecular weight is 114 g/mol. The Labute approximate surface area is 50.4 Å². The fourth-order valence-corrected chi connectivity index (χ4v) is 1.26. The molecule has 0 bridgehead atoms. The van der Waals surface area contributed by atoms with Crippen molar-refractivity contribution in [3.63, 3.8) is 0 Å². The minimum Gasteiger partial charge on any atom is -0.313 e. The molecule has 3 N–H and O–H groups in total. The SMILES string of the molecule is CNC1(N)CCCC1. The molecular formula is C6H14N2. The van der Waals surface area contributed by atoms with Crippen molar-refractivity contribution in [3.8, 4) is 0 Å². The van der Waals surface area contributed by atoms with E-state index in [2.05, 4.69) is 5.32 Å². The molecule has 0 atom stereocenters. The summed E-state index contributed by atoms with van der Waals surface area (Å²) in [5.74, 6) is 0. The largest absolute Gasteiger partial charge is 0.313 e. The molecule has 1 saturated carbocycles. The van der Waals surface area contributed by atoms with Gasteiger partial charge in [0.1, 0.15) is 0 Å². The summed E-state index contributed by atoms with van der Waals surface area (Å²) in [5, 5.41) is 3.12. The van der Waals surface area contributed by atoms with E-state index in [4.69, 9.17) is 5.73 Å². The third kappa shape index (κ3) is 1.01.